The molecule has 21 heavy (non-hydrogen) atoms. The van der Waals surface area contributed by atoms with Crippen LogP contribution in [0, 0.1) is 11.7 Å². The number of anilines is 2. The minimum atomic E-state index is -0.464. The molecule has 1 unspecified atom stereocenters. The van der Waals surface area contributed by atoms with Gasteiger partial charge in [0, 0.05) is 11.6 Å². The van der Waals surface area contributed by atoms with Crippen LogP contribution in [0.2, 0.25) is 0 Å². The normalized spacial score (nSPS) is 17.1. The van der Waals surface area contributed by atoms with Crippen molar-refractivity contribution in [2.45, 2.75) is 19.3 Å². The Hall–Kier alpha value is -2.36. The van der Waals surface area contributed by atoms with Crippen LogP contribution < -0.4 is 11.1 Å². The molecule has 3 nitrogen and oxygen atoms in total. The predicted octanol–water partition coefficient (Wildman–Crippen LogP) is 3.15. The van der Waals surface area contributed by atoms with Crippen molar-refractivity contribution < 1.29 is 9.18 Å². The van der Waals surface area contributed by atoms with Gasteiger partial charge in [0.15, 0.2) is 0 Å². The number of hydrogen-bond donors (Lipinski definition) is 2. The van der Waals surface area contributed by atoms with Crippen LogP contribution in [0.25, 0.3) is 0 Å². The lowest BCUT2D eigenvalue weighted by Gasteiger charge is -2.23. The summed E-state index contributed by atoms with van der Waals surface area (Å²) in [5, 5.41) is 2.66. The Morgan fingerprint density at radius 3 is 2.76 bits per heavy atom. The number of amides is 1. The highest BCUT2D eigenvalue weighted by atomic mass is 19.1. The Morgan fingerprint density at radius 2 is 1.95 bits per heavy atom. The Morgan fingerprint density at radius 1 is 1.19 bits per heavy atom. The lowest BCUT2D eigenvalue weighted by Crippen LogP contribution is -2.28. The maximum atomic E-state index is 13.7. The zero-order chi connectivity index (χ0) is 14.8. The third-order valence-electron chi connectivity index (χ3n) is 3.97. The molecule has 0 bridgehead atoms. The van der Waals surface area contributed by atoms with Gasteiger partial charge in [-0.15, -0.1) is 0 Å². The van der Waals surface area contributed by atoms with E-state index in [2.05, 4.69) is 17.4 Å². The van der Waals surface area contributed by atoms with Crippen LogP contribution in [0.5, 0.6) is 0 Å². The summed E-state index contributed by atoms with van der Waals surface area (Å²) in [6.45, 7) is 0. The summed E-state index contributed by atoms with van der Waals surface area (Å²) in [7, 11) is 0. The molecular formula is C17H17FN2O. The van der Waals surface area contributed by atoms with Crippen LogP contribution in [0.15, 0.2) is 42.5 Å². The zero-order valence-corrected chi connectivity index (χ0v) is 11.6. The quantitative estimate of drug-likeness (QED) is 0.832. The lowest BCUT2D eigenvalue weighted by atomic mass is 9.83. The molecule has 1 atom stereocenters. The number of nitrogens with one attached hydrogen (secondary N) is 1. The highest BCUT2D eigenvalue weighted by molar-refractivity contribution is 5.93. The second-order valence-corrected chi connectivity index (χ2v) is 5.44. The Bertz CT molecular complexity index is 684. The van der Waals surface area contributed by atoms with Crippen molar-refractivity contribution in [1.29, 1.82) is 0 Å². The molecule has 1 aliphatic rings. The molecule has 108 valence electrons. The van der Waals surface area contributed by atoms with Gasteiger partial charge in [0.25, 0.3) is 0 Å². The van der Waals surface area contributed by atoms with Crippen molar-refractivity contribution in [2.24, 2.45) is 5.92 Å². The number of nitrogen functional groups attached to an aromatic ring is 1. The largest absolute Gasteiger partial charge is 0.399 e. The number of carbonyl (C=O) groups excluding carboxylic acids is 1. The van der Waals surface area contributed by atoms with Gasteiger partial charge in [0.2, 0.25) is 5.91 Å². The number of hydrogen-bond acceptors (Lipinski definition) is 2. The smallest absolute Gasteiger partial charge is 0.227 e. The summed E-state index contributed by atoms with van der Waals surface area (Å²) in [4.78, 5) is 12.3. The van der Waals surface area contributed by atoms with Gasteiger partial charge in [0.05, 0.1) is 5.69 Å². The molecule has 0 aliphatic heterocycles. The lowest BCUT2D eigenvalue weighted by molar-refractivity contribution is -0.120. The first kappa shape index (κ1) is 13.6. The van der Waals surface area contributed by atoms with Gasteiger partial charge < -0.3 is 11.1 Å². The monoisotopic (exact) mass is 284 g/mol. The molecule has 2 aromatic carbocycles. The number of halogens is 1. The van der Waals surface area contributed by atoms with Crippen molar-refractivity contribution in [3.8, 4) is 0 Å². The molecule has 3 rings (SSSR count). The van der Waals surface area contributed by atoms with Crippen molar-refractivity contribution in [3.05, 3.63) is 59.4 Å². The van der Waals surface area contributed by atoms with Crippen LogP contribution in [0.1, 0.15) is 17.5 Å². The highest BCUT2D eigenvalue weighted by Crippen LogP contribution is 2.27. The highest BCUT2D eigenvalue weighted by Gasteiger charge is 2.25. The molecule has 3 N–H and O–H groups in total. The first-order chi connectivity index (χ1) is 10.1. The molecule has 0 aromatic heterocycles. The Labute approximate surface area is 123 Å². The fourth-order valence-corrected chi connectivity index (χ4v) is 2.80. The zero-order valence-electron chi connectivity index (χ0n) is 11.6. The van der Waals surface area contributed by atoms with Gasteiger partial charge >= 0.3 is 0 Å². The topological polar surface area (TPSA) is 55.1 Å². The van der Waals surface area contributed by atoms with Crippen molar-refractivity contribution in [2.75, 3.05) is 11.1 Å². The van der Waals surface area contributed by atoms with E-state index in [9.17, 15) is 9.18 Å². The summed E-state index contributed by atoms with van der Waals surface area (Å²) in [5.41, 5.74) is 8.72. The minimum Gasteiger partial charge on any atom is -0.399 e. The molecule has 2 aromatic rings. The van der Waals surface area contributed by atoms with E-state index in [4.69, 9.17) is 5.73 Å². The maximum absolute atomic E-state index is 13.7. The van der Waals surface area contributed by atoms with Gasteiger partial charge in [-0.3, -0.25) is 4.79 Å². The first-order valence-corrected chi connectivity index (χ1v) is 7.06. The molecule has 0 saturated carbocycles. The van der Waals surface area contributed by atoms with Gasteiger partial charge in [-0.25, -0.2) is 4.39 Å². The second-order valence-electron chi connectivity index (χ2n) is 5.44. The molecule has 0 saturated heterocycles. The second kappa shape index (κ2) is 5.56. The number of carbonyl (C=O) groups is 1. The van der Waals surface area contributed by atoms with E-state index in [0.717, 1.165) is 12.8 Å². The van der Waals surface area contributed by atoms with Gasteiger partial charge in [-0.2, -0.15) is 0 Å². The van der Waals surface area contributed by atoms with E-state index in [1.54, 1.807) is 0 Å². The summed E-state index contributed by atoms with van der Waals surface area (Å²) < 4.78 is 13.7. The van der Waals surface area contributed by atoms with Crippen molar-refractivity contribution in [3.63, 3.8) is 0 Å². The van der Waals surface area contributed by atoms with Gasteiger partial charge in [-0.1, -0.05) is 24.3 Å². The van der Waals surface area contributed by atoms with Crippen LogP contribution in [0.3, 0.4) is 0 Å². The molecule has 0 radical (unpaired) electrons. The summed E-state index contributed by atoms with van der Waals surface area (Å²) in [6, 6.07) is 12.3. The van der Waals surface area contributed by atoms with E-state index < -0.39 is 5.82 Å². The summed E-state index contributed by atoms with van der Waals surface area (Å²) >= 11 is 0. The first-order valence-electron chi connectivity index (χ1n) is 7.06. The van der Waals surface area contributed by atoms with Crippen LogP contribution in [-0.4, -0.2) is 5.91 Å². The molecule has 1 amide bonds. The molecule has 4 heteroatoms. The third kappa shape index (κ3) is 2.89. The number of rotatable bonds is 2. The van der Waals surface area contributed by atoms with Crippen LogP contribution in [0.4, 0.5) is 15.8 Å². The van der Waals surface area contributed by atoms with Crippen LogP contribution in [-0.2, 0) is 17.6 Å². The molecule has 0 spiro atoms. The van der Waals surface area contributed by atoms with Crippen molar-refractivity contribution >= 4 is 17.3 Å². The fourth-order valence-electron chi connectivity index (χ4n) is 2.80. The van der Waals surface area contributed by atoms with E-state index >= 15 is 0 Å². The standard InChI is InChI=1S/C17H17FN2O/c18-15-8-7-14(19)10-16(15)20-17(21)13-6-5-11-3-1-2-4-12(11)9-13/h1-4,7-8,10,13H,5-6,9,19H2,(H,20,21). The molecular weight excluding hydrogens is 267 g/mol. The number of fused-ring (bicyclic) bond motifs is 1. The number of nitrogens with two attached hydrogens (primary N) is 1. The van der Waals surface area contributed by atoms with E-state index in [-0.39, 0.29) is 17.5 Å². The number of aryl methyl sites for hydroxylation is 1. The maximum Gasteiger partial charge on any atom is 0.227 e. The SMILES string of the molecule is Nc1ccc(F)c(NC(=O)C2CCc3ccccc3C2)c1. The average Bonchev–Trinajstić information content (AvgIpc) is 2.50. The Kier molecular flexibility index (Phi) is 3.60. The van der Waals surface area contributed by atoms with Crippen molar-refractivity contribution in [1.82, 2.24) is 0 Å². The summed E-state index contributed by atoms with van der Waals surface area (Å²) in [6.07, 6.45) is 2.37. The van der Waals surface area contributed by atoms with E-state index in [1.165, 1.54) is 29.3 Å². The molecule has 0 heterocycles. The minimum absolute atomic E-state index is 0.124. The number of benzene rings is 2. The molecule has 0 fully saturated rings. The average molecular weight is 284 g/mol. The van der Waals surface area contributed by atoms with Crippen LogP contribution >= 0.6 is 0 Å². The fraction of sp³-hybridized carbons (Fsp3) is 0.235. The third-order valence-corrected chi connectivity index (χ3v) is 3.97. The molecule has 1 aliphatic carbocycles. The Balaban J connectivity index is 1.74. The van der Waals surface area contributed by atoms with E-state index in [1.807, 2.05) is 12.1 Å². The van der Waals surface area contributed by atoms with E-state index in [0.29, 0.717) is 12.1 Å². The van der Waals surface area contributed by atoms with Gasteiger partial charge in [0.1, 0.15) is 5.82 Å². The predicted molar refractivity (Wildman–Crippen MR) is 81.4 cm³/mol. The summed E-state index contributed by atoms with van der Waals surface area (Å²) in [5.74, 6) is -0.733. The van der Waals surface area contributed by atoms with Gasteiger partial charge in [-0.05, 0) is 48.6 Å².